The largest absolute Gasteiger partial charge is 0.465 e. The number of ether oxygens (including phenoxy) is 1. The number of furan rings is 1. The number of sulfone groups is 1. The molecular weight excluding hydrogens is 292 g/mol. The van der Waals surface area contributed by atoms with E-state index >= 15 is 0 Å². The molecule has 0 aliphatic carbocycles. The number of rotatable bonds is 5. The van der Waals surface area contributed by atoms with Crippen LogP contribution < -0.4 is 0 Å². The molecule has 0 aliphatic heterocycles. The molecule has 0 radical (unpaired) electrons. The van der Waals surface area contributed by atoms with Gasteiger partial charge in [-0.1, -0.05) is 17.7 Å². The van der Waals surface area contributed by atoms with Crippen molar-refractivity contribution in [1.29, 1.82) is 0 Å². The fraction of sp³-hybridized carbons (Fsp3) is 0.267. The Balaban J connectivity index is 2.03. The van der Waals surface area contributed by atoms with Crippen LogP contribution in [0.25, 0.3) is 0 Å². The van der Waals surface area contributed by atoms with Gasteiger partial charge in [-0.15, -0.1) is 0 Å². The molecule has 0 spiro atoms. The number of esters is 1. The van der Waals surface area contributed by atoms with E-state index in [1.807, 2.05) is 6.92 Å². The van der Waals surface area contributed by atoms with E-state index in [0.717, 1.165) is 5.56 Å². The summed E-state index contributed by atoms with van der Waals surface area (Å²) >= 11 is 0. The Morgan fingerprint density at radius 2 is 1.90 bits per heavy atom. The quantitative estimate of drug-likeness (QED) is 0.794. The summed E-state index contributed by atoms with van der Waals surface area (Å²) in [5.74, 6) is -1.03. The highest BCUT2D eigenvalue weighted by Gasteiger charge is 2.22. The standard InChI is InChI=1S/C15H16O5S/c1-11-5-7-13(8-6-11)21(17,18)10-15(16)20-12(2)14-4-3-9-19-14/h3-9,12H,10H2,1-2H3. The molecule has 2 rings (SSSR count). The number of aryl methyl sites for hydroxylation is 1. The molecule has 0 amide bonds. The summed E-state index contributed by atoms with van der Waals surface area (Å²) in [6.45, 7) is 3.48. The van der Waals surface area contributed by atoms with Crippen molar-refractivity contribution in [3.05, 3.63) is 54.0 Å². The summed E-state index contributed by atoms with van der Waals surface area (Å²) in [7, 11) is -3.70. The summed E-state index contributed by atoms with van der Waals surface area (Å²) in [5.41, 5.74) is 0.947. The normalized spacial score (nSPS) is 12.9. The predicted molar refractivity (Wildman–Crippen MR) is 76.4 cm³/mol. The van der Waals surface area contributed by atoms with E-state index in [1.54, 1.807) is 31.2 Å². The zero-order valence-electron chi connectivity index (χ0n) is 11.8. The van der Waals surface area contributed by atoms with Crippen LogP contribution in [-0.4, -0.2) is 20.1 Å². The van der Waals surface area contributed by atoms with Crippen molar-refractivity contribution < 1.29 is 22.4 Å². The Hall–Kier alpha value is -2.08. The third-order valence-corrected chi connectivity index (χ3v) is 4.55. The van der Waals surface area contributed by atoms with Gasteiger partial charge in [-0.2, -0.15) is 0 Å². The molecule has 0 aliphatic rings. The van der Waals surface area contributed by atoms with Crippen molar-refractivity contribution in [3.8, 4) is 0 Å². The van der Waals surface area contributed by atoms with Gasteiger partial charge in [0.15, 0.2) is 21.7 Å². The molecule has 1 aromatic carbocycles. The van der Waals surface area contributed by atoms with Gasteiger partial charge >= 0.3 is 5.97 Å². The minimum atomic E-state index is -3.70. The summed E-state index contributed by atoms with van der Waals surface area (Å²) in [4.78, 5) is 11.9. The van der Waals surface area contributed by atoms with E-state index in [0.29, 0.717) is 5.76 Å². The first kappa shape index (κ1) is 15.3. The van der Waals surface area contributed by atoms with Crippen LogP contribution >= 0.6 is 0 Å². The zero-order chi connectivity index (χ0) is 15.5. The van der Waals surface area contributed by atoms with Gasteiger partial charge in [0.1, 0.15) is 5.76 Å². The van der Waals surface area contributed by atoms with Crippen LogP contribution in [-0.2, 0) is 19.4 Å². The van der Waals surface area contributed by atoms with Gasteiger partial charge in [-0.05, 0) is 38.1 Å². The fourth-order valence-corrected chi connectivity index (χ4v) is 2.89. The molecule has 0 fully saturated rings. The summed E-state index contributed by atoms with van der Waals surface area (Å²) in [5, 5.41) is 0. The number of carbonyl (C=O) groups is 1. The lowest BCUT2D eigenvalue weighted by atomic mass is 10.2. The Morgan fingerprint density at radius 3 is 2.48 bits per heavy atom. The molecule has 5 nitrogen and oxygen atoms in total. The van der Waals surface area contributed by atoms with Gasteiger partial charge in [0.25, 0.3) is 0 Å². The highest BCUT2D eigenvalue weighted by atomic mass is 32.2. The first-order valence-corrected chi connectivity index (χ1v) is 8.06. The Kier molecular flexibility index (Phi) is 4.47. The van der Waals surface area contributed by atoms with E-state index in [4.69, 9.17) is 9.15 Å². The maximum absolute atomic E-state index is 12.1. The van der Waals surface area contributed by atoms with Gasteiger partial charge < -0.3 is 9.15 Å². The lowest BCUT2D eigenvalue weighted by Gasteiger charge is -2.11. The molecule has 112 valence electrons. The smallest absolute Gasteiger partial charge is 0.322 e. The Bertz CT molecular complexity index is 699. The van der Waals surface area contributed by atoms with Crippen LogP contribution in [0.1, 0.15) is 24.4 Å². The third kappa shape index (κ3) is 3.95. The molecule has 1 unspecified atom stereocenters. The van der Waals surface area contributed by atoms with E-state index < -0.39 is 27.7 Å². The van der Waals surface area contributed by atoms with Crippen molar-refractivity contribution in [2.75, 3.05) is 5.75 Å². The van der Waals surface area contributed by atoms with E-state index in [1.165, 1.54) is 18.4 Å². The summed E-state index contributed by atoms with van der Waals surface area (Å²) in [6.07, 6.45) is 0.837. The van der Waals surface area contributed by atoms with Gasteiger partial charge in [0.05, 0.1) is 11.2 Å². The number of benzene rings is 1. The van der Waals surface area contributed by atoms with Crippen molar-refractivity contribution in [2.45, 2.75) is 24.8 Å². The molecule has 0 saturated carbocycles. The zero-order valence-corrected chi connectivity index (χ0v) is 12.6. The SMILES string of the molecule is Cc1ccc(S(=O)(=O)CC(=O)OC(C)c2ccco2)cc1. The maximum atomic E-state index is 12.1. The van der Waals surface area contributed by atoms with Crippen LogP contribution in [0.3, 0.4) is 0 Å². The average molecular weight is 308 g/mol. The summed E-state index contributed by atoms with van der Waals surface area (Å²) in [6, 6.07) is 9.66. The highest BCUT2D eigenvalue weighted by molar-refractivity contribution is 7.92. The van der Waals surface area contributed by atoms with Gasteiger partial charge in [0, 0.05) is 0 Å². The van der Waals surface area contributed by atoms with Crippen molar-refractivity contribution in [2.24, 2.45) is 0 Å². The Labute approximate surface area is 123 Å². The number of hydrogen-bond donors (Lipinski definition) is 0. The van der Waals surface area contributed by atoms with Gasteiger partial charge in [-0.3, -0.25) is 4.79 Å². The third-order valence-electron chi connectivity index (χ3n) is 2.94. The maximum Gasteiger partial charge on any atom is 0.322 e. The minimum Gasteiger partial charge on any atom is -0.465 e. The first-order chi connectivity index (χ1) is 9.88. The van der Waals surface area contributed by atoms with E-state index in [9.17, 15) is 13.2 Å². The molecule has 1 aromatic heterocycles. The monoisotopic (exact) mass is 308 g/mol. The van der Waals surface area contributed by atoms with Crippen LogP contribution in [0.4, 0.5) is 0 Å². The van der Waals surface area contributed by atoms with Crippen molar-refractivity contribution in [3.63, 3.8) is 0 Å². The van der Waals surface area contributed by atoms with Gasteiger partial charge in [-0.25, -0.2) is 8.42 Å². The average Bonchev–Trinajstić information content (AvgIpc) is 2.92. The summed E-state index contributed by atoms with van der Waals surface area (Å²) < 4.78 is 34.4. The van der Waals surface area contributed by atoms with Crippen LogP contribution in [0.2, 0.25) is 0 Å². The Morgan fingerprint density at radius 1 is 1.24 bits per heavy atom. The second-order valence-corrected chi connectivity index (χ2v) is 6.71. The second kappa shape index (κ2) is 6.13. The molecule has 0 saturated heterocycles. The van der Waals surface area contributed by atoms with E-state index in [2.05, 4.69) is 0 Å². The van der Waals surface area contributed by atoms with Crippen molar-refractivity contribution in [1.82, 2.24) is 0 Å². The molecule has 2 aromatic rings. The van der Waals surface area contributed by atoms with Gasteiger partial charge in [0.2, 0.25) is 0 Å². The highest BCUT2D eigenvalue weighted by Crippen LogP contribution is 2.18. The molecule has 0 N–H and O–H groups in total. The molecular formula is C15H16O5S. The van der Waals surface area contributed by atoms with E-state index in [-0.39, 0.29) is 4.90 Å². The topological polar surface area (TPSA) is 73.6 Å². The van der Waals surface area contributed by atoms with Crippen LogP contribution in [0, 0.1) is 6.92 Å². The lowest BCUT2D eigenvalue weighted by molar-refractivity contribution is -0.146. The second-order valence-electron chi connectivity index (χ2n) is 4.72. The van der Waals surface area contributed by atoms with Crippen molar-refractivity contribution >= 4 is 15.8 Å². The molecule has 6 heteroatoms. The predicted octanol–water partition coefficient (Wildman–Crippen LogP) is 2.67. The van der Waals surface area contributed by atoms with Crippen LogP contribution in [0.15, 0.2) is 52.0 Å². The fourth-order valence-electron chi connectivity index (χ4n) is 1.80. The number of hydrogen-bond acceptors (Lipinski definition) is 5. The first-order valence-electron chi connectivity index (χ1n) is 6.41. The molecule has 0 bridgehead atoms. The molecule has 1 atom stereocenters. The number of carbonyl (C=O) groups excluding carboxylic acids is 1. The minimum absolute atomic E-state index is 0.107. The van der Waals surface area contributed by atoms with Crippen LogP contribution in [0.5, 0.6) is 0 Å². The molecule has 21 heavy (non-hydrogen) atoms. The molecule has 1 heterocycles. The lowest BCUT2D eigenvalue weighted by Crippen LogP contribution is -2.20.